The van der Waals surface area contributed by atoms with Gasteiger partial charge in [0.05, 0.1) is 46.2 Å². The summed E-state index contributed by atoms with van der Waals surface area (Å²) in [6.45, 7) is 7.29. The zero-order valence-electron chi connectivity index (χ0n) is 23.3. The number of hydrogen-bond donors (Lipinski definition) is 0. The largest absolute Gasteiger partial charge is 0.511 e. The van der Waals surface area contributed by atoms with E-state index in [2.05, 4.69) is 6.92 Å². The number of ether oxygens (including phenoxy) is 3. The smallest absolute Gasteiger partial charge is 0.379 e. The SMILES string of the molecule is CCCCCCCCCCCOP(=O)(OCCOCCOCCOCC)OOc1cccc2ccccc12. The highest BCUT2D eigenvalue weighted by molar-refractivity contribution is 7.48. The second-order valence-electron chi connectivity index (χ2n) is 9.00. The van der Waals surface area contributed by atoms with Crippen molar-refractivity contribution in [1.82, 2.24) is 0 Å². The lowest BCUT2D eigenvalue weighted by atomic mass is 10.1. The molecule has 216 valence electrons. The van der Waals surface area contributed by atoms with Crippen LogP contribution in [0.1, 0.15) is 71.6 Å². The molecule has 0 saturated heterocycles. The molecule has 2 rings (SSSR count). The Hall–Kier alpha value is -1.51. The van der Waals surface area contributed by atoms with Crippen molar-refractivity contribution < 1.29 is 37.4 Å². The molecule has 0 amide bonds. The highest BCUT2D eigenvalue weighted by atomic mass is 31.2. The summed E-state index contributed by atoms with van der Waals surface area (Å²) in [5.41, 5.74) is 0. The lowest BCUT2D eigenvalue weighted by Crippen LogP contribution is -2.12. The molecule has 0 N–H and O–H groups in total. The predicted octanol–water partition coefficient (Wildman–Crippen LogP) is 7.89. The lowest BCUT2D eigenvalue weighted by Gasteiger charge is -2.17. The normalized spacial score (nSPS) is 13.1. The molecule has 2 aromatic rings. The summed E-state index contributed by atoms with van der Waals surface area (Å²) in [7, 11) is -3.96. The third-order valence-corrected chi connectivity index (χ3v) is 7.15. The zero-order chi connectivity index (χ0) is 27.2. The van der Waals surface area contributed by atoms with Gasteiger partial charge in [-0.15, -0.1) is 0 Å². The van der Waals surface area contributed by atoms with Gasteiger partial charge in [-0.2, -0.15) is 0 Å². The summed E-state index contributed by atoms with van der Waals surface area (Å²) < 4.78 is 45.8. The van der Waals surface area contributed by atoms with E-state index < -0.39 is 7.82 Å². The highest BCUT2D eigenvalue weighted by Gasteiger charge is 2.29. The first-order chi connectivity index (χ1) is 18.7. The minimum Gasteiger partial charge on any atom is -0.379 e. The van der Waals surface area contributed by atoms with Gasteiger partial charge in [0, 0.05) is 12.0 Å². The maximum absolute atomic E-state index is 13.3. The van der Waals surface area contributed by atoms with E-state index >= 15 is 0 Å². The van der Waals surface area contributed by atoms with Crippen molar-refractivity contribution in [2.45, 2.75) is 71.6 Å². The summed E-state index contributed by atoms with van der Waals surface area (Å²) in [6, 6.07) is 13.3. The van der Waals surface area contributed by atoms with Gasteiger partial charge >= 0.3 is 7.82 Å². The van der Waals surface area contributed by atoms with E-state index in [4.69, 9.17) is 32.8 Å². The molecule has 1 atom stereocenters. The van der Waals surface area contributed by atoms with E-state index in [1.165, 1.54) is 38.5 Å². The van der Waals surface area contributed by atoms with Crippen molar-refractivity contribution in [3.63, 3.8) is 0 Å². The fraction of sp³-hybridized carbons (Fsp3) is 0.655. The van der Waals surface area contributed by atoms with Gasteiger partial charge in [-0.05, 0) is 24.8 Å². The molecule has 0 aliphatic rings. The number of hydrogen-bond acceptors (Lipinski definition) is 8. The van der Waals surface area contributed by atoms with Crippen molar-refractivity contribution in [2.75, 3.05) is 52.9 Å². The number of phosphoric ester groups is 1. The van der Waals surface area contributed by atoms with Gasteiger partial charge in [0.25, 0.3) is 0 Å². The number of unbranched alkanes of at least 4 members (excludes halogenated alkanes) is 8. The van der Waals surface area contributed by atoms with Crippen LogP contribution in [0.25, 0.3) is 10.8 Å². The fourth-order valence-corrected chi connectivity index (χ4v) is 4.80. The summed E-state index contributed by atoms with van der Waals surface area (Å²) in [5, 5.41) is 1.82. The van der Waals surface area contributed by atoms with Crippen molar-refractivity contribution in [1.29, 1.82) is 0 Å². The Kier molecular flexibility index (Phi) is 18.4. The maximum Gasteiger partial charge on any atom is 0.511 e. The Bertz CT molecular complexity index is 861. The summed E-state index contributed by atoms with van der Waals surface area (Å²) in [5.74, 6) is 0.444. The molecule has 1 unspecified atom stereocenters. The van der Waals surface area contributed by atoms with E-state index in [1.807, 2.05) is 43.3 Å². The van der Waals surface area contributed by atoms with Gasteiger partial charge in [0.15, 0.2) is 5.75 Å². The first-order valence-corrected chi connectivity index (χ1v) is 15.6. The summed E-state index contributed by atoms with van der Waals surface area (Å²) >= 11 is 0. The minimum absolute atomic E-state index is 0.0346. The van der Waals surface area contributed by atoms with Crippen LogP contribution in [0, 0.1) is 0 Å². The Morgan fingerprint density at radius 2 is 1.18 bits per heavy atom. The fourth-order valence-electron chi connectivity index (χ4n) is 3.82. The second kappa shape index (κ2) is 21.3. The molecule has 0 radical (unpaired) electrons. The number of fused-ring (bicyclic) bond motifs is 1. The monoisotopic (exact) mass is 554 g/mol. The third kappa shape index (κ3) is 14.6. The Balaban J connectivity index is 1.75. The topological polar surface area (TPSA) is 81.7 Å². The molecule has 38 heavy (non-hydrogen) atoms. The average molecular weight is 555 g/mol. The molecule has 8 nitrogen and oxygen atoms in total. The Morgan fingerprint density at radius 1 is 0.605 bits per heavy atom. The Morgan fingerprint density at radius 3 is 1.89 bits per heavy atom. The van der Waals surface area contributed by atoms with Crippen LogP contribution >= 0.6 is 7.82 Å². The molecule has 0 fully saturated rings. The second-order valence-corrected chi connectivity index (χ2v) is 10.6. The molecule has 0 aromatic heterocycles. The van der Waals surface area contributed by atoms with Crippen LogP contribution in [0.15, 0.2) is 42.5 Å². The van der Waals surface area contributed by atoms with Gasteiger partial charge in [-0.1, -0.05) is 99.4 Å². The molecular weight excluding hydrogens is 507 g/mol. The van der Waals surface area contributed by atoms with Crippen molar-refractivity contribution in [2.24, 2.45) is 0 Å². The molecule has 0 heterocycles. The van der Waals surface area contributed by atoms with Crippen molar-refractivity contribution >= 4 is 18.6 Å². The quantitative estimate of drug-likeness (QED) is 0.0530. The van der Waals surface area contributed by atoms with E-state index in [1.54, 1.807) is 6.07 Å². The van der Waals surface area contributed by atoms with Gasteiger partial charge < -0.3 is 19.1 Å². The summed E-state index contributed by atoms with van der Waals surface area (Å²) in [4.78, 5) is 5.48. The third-order valence-electron chi connectivity index (χ3n) is 5.89. The van der Waals surface area contributed by atoms with Crippen LogP contribution in [-0.2, 0) is 32.5 Å². The molecular formula is C29H47O8P. The highest BCUT2D eigenvalue weighted by Crippen LogP contribution is 2.50. The van der Waals surface area contributed by atoms with Crippen LogP contribution in [-0.4, -0.2) is 52.9 Å². The van der Waals surface area contributed by atoms with E-state index in [0.717, 1.165) is 30.0 Å². The summed E-state index contributed by atoms with van der Waals surface area (Å²) in [6.07, 6.45) is 10.6. The Labute approximate surface area is 228 Å². The van der Waals surface area contributed by atoms with Crippen LogP contribution < -0.4 is 4.89 Å². The van der Waals surface area contributed by atoms with E-state index in [0.29, 0.717) is 38.8 Å². The van der Waals surface area contributed by atoms with Crippen LogP contribution in [0.5, 0.6) is 5.75 Å². The molecule has 0 saturated carbocycles. The average Bonchev–Trinajstić information content (AvgIpc) is 2.94. The number of phosphoric acid groups is 1. The van der Waals surface area contributed by atoms with Crippen LogP contribution in [0.2, 0.25) is 0 Å². The van der Waals surface area contributed by atoms with Crippen molar-refractivity contribution in [3.05, 3.63) is 42.5 Å². The van der Waals surface area contributed by atoms with Crippen LogP contribution in [0.4, 0.5) is 0 Å². The predicted molar refractivity (Wildman–Crippen MR) is 151 cm³/mol. The number of rotatable bonds is 25. The maximum atomic E-state index is 13.3. The molecule has 0 aliphatic heterocycles. The first kappa shape index (κ1) is 32.7. The zero-order valence-corrected chi connectivity index (χ0v) is 24.2. The van der Waals surface area contributed by atoms with Gasteiger partial charge in [0.2, 0.25) is 0 Å². The lowest BCUT2D eigenvalue weighted by molar-refractivity contribution is -0.132. The van der Waals surface area contributed by atoms with Crippen LogP contribution in [0.3, 0.4) is 0 Å². The molecule has 9 heteroatoms. The van der Waals surface area contributed by atoms with Gasteiger partial charge in [-0.25, -0.2) is 4.57 Å². The van der Waals surface area contributed by atoms with E-state index in [9.17, 15) is 4.57 Å². The van der Waals surface area contributed by atoms with Crippen molar-refractivity contribution in [3.8, 4) is 5.75 Å². The molecule has 0 bridgehead atoms. The molecule has 2 aromatic carbocycles. The molecule has 0 aliphatic carbocycles. The van der Waals surface area contributed by atoms with E-state index in [-0.39, 0.29) is 19.8 Å². The van der Waals surface area contributed by atoms with Gasteiger partial charge in [-0.3, -0.25) is 9.05 Å². The first-order valence-electron chi connectivity index (χ1n) is 14.1. The number of benzene rings is 2. The molecule has 0 spiro atoms. The van der Waals surface area contributed by atoms with Gasteiger partial charge in [0.1, 0.15) is 0 Å². The standard InChI is InChI=1S/C29H47O8P/c1-3-5-6-7-8-9-10-11-14-20-34-38(30,35-26-25-33-24-23-32-22-21-31-4-2)37-36-29-19-15-17-27-16-12-13-18-28(27)29/h12-13,15-19H,3-11,14,20-26H2,1-2H3. The minimum atomic E-state index is -3.96.